The fourth-order valence-corrected chi connectivity index (χ4v) is 3.26. The molecule has 0 spiro atoms. The van der Waals surface area contributed by atoms with Gasteiger partial charge in [-0.25, -0.2) is 4.68 Å². The minimum atomic E-state index is -4.39. The van der Waals surface area contributed by atoms with Crippen LogP contribution in [0.15, 0.2) is 48.8 Å². The molecule has 2 aromatic heterocycles. The van der Waals surface area contributed by atoms with Gasteiger partial charge in [0.15, 0.2) is 6.61 Å². The number of alkyl halides is 3. The van der Waals surface area contributed by atoms with Gasteiger partial charge in [0.2, 0.25) is 5.78 Å². The minimum Gasteiger partial charge on any atom is -0.457 e. The Kier molecular flexibility index (Phi) is 6.62. The molecule has 164 valence electrons. The number of aromatic nitrogens is 3. The van der Waals surface area contributed by atoms with E-state index in [4.69, 9.17) is 4.74 Å². The average molecular weight is 433 g/mol. The predicted molar refractivity (Wildman–Crippen MR) is 107 cm³/mol. The highest BCUT2D eigenvalue weighted by atomic mass is 19.4. The molecule has 0 aliphatic carbocycles. The molecule has 3 rings (SSSR count). The first-order valence-electron chi connectivity index (χ1n) is 9.65. The van der Waals surface area contributed by atoms with Crippen molar-refractivity contribution in [3.05, 3.63) is 71.3 Å². The highest BCUT2D eigenvalue weighted by Gasteiger charge is 2.30. The van der Waals surface area contributed by atoms with Crippen LogP contribution in [0.5, 0.6) is 0 Å². The van der Waals surface area contributed by atoms with E-state index in [1.165, 1.54) is 19.9 Å². The molecule has 2 heterocycles. The lowest BCUT2D eigenvalue weighted by molar-refractivity contribution is -0.142. The van der Waals surface area contributed by atoms with E-state index in [1.54, 1.807) is 10.9 Å². The molecule has 0 aliphatic heterocycles. The number of aryl methyl sites for hydroxylation is 2. The Balaban J connectivity index is 1.52. The van der Waals surface area contributed by atoms with Gasteiger partial charge >= 0.3 is 12.1 Å². The van der Waals surface area contributed by atoms with E-state index in [0.29, 0.717) is 12.1 Å². The lowest BCUT2D eigenvalue weighted by atomic mass is 10.1. The number of nitrogens with zero attached hydrogens (tertiary/aromatic N) is 3. The number of para-hydroxylation sites is 1. The lowest BCUT2D eigenvalue weighted by Gasteiger charge is -2.12. The molecule has 0 saturated carbocycles. The summed E-state index contributed by atoms with van der Waals surface area (Å²) in [6.07, 6.45) is -0.485. The van der Waals surface area contributed by atoms with Gasteiger partial charge in [-0.15, -0.1) is 0 Å². The molecule has 0 bridgehead atoms. The fraction of sp³-hybridized carbons (Fsp3) is 0.318. The summed E-state index contributed by atoms with van der Waals surface area (Å²) in [5.41, 5.74) is 2.37. The second kappa shape index (κ2) is 9.20. The Morgan fingerprint density at radius 2 is 1.84 bits per heavy atom. The van der Waals surface area contributed by atoms with Crippen LogP contribution in [-0.4, -0.2) is 38.9 Å². The van der Waals surface area contributed by atoms with Gasteiger partial charge in [0.25, 0.3) is 0 Å². The number of hydrogen-bond donors (Lipinski definition) is 0. The molecule has 31 heavy (non-hydrogen) atoms. The molecule has 1 aromatic carbocycles. The van der Waals surface area contributed by atoms with E-state index in [2.05, 4.69) is 5.10 Å². The van der Waals surface area contributed by atoms with Crippen molar-refractivity contribution in [1.82, 2.24) is 14.3 Å². The highest BCUT2D eigenvalue weighted by molar-refractivity contribution is 5.99. The molecule has 0 amide bonds. The van der Waals surface area contributed by atoms with Crippen LogP contribution in [-0.2, 0) is 22.5 Å². The molecule has 0 saturated heterocycles. The van der Waals surface area contributed by atoms with Crippen molar-refractivity contribution >= 4 is 11.8 Å². The number of Topliss-reactive ketones (excluding diaryl/α,β-unsaturated/α-hetero) is 1. The summed E-state index contributed by atoms with van der Waals surface area (Å²) in [6.45, 7) is 1.25. The normalized spacial score (nSPS) is 11.5. The maximum atomic E-state index is 12.7. The van der Waals surface area contributed by atoms with Crippen LogP contribution >= 0.6 is 0 Å². The number of halogens is 3. The number of ether oxygens (including phenoxy) is 1. The van der Waals surface area contributed by atoms with E-state index >= 15 is 0 Å². The van der Waals surface area contributed by atoms with Gasteiger partial charge in [0.1, 0.15) is 6.54 Å². The number of carbonyl (C=O) groups excluding carboxylic acids is 2. The van der Waals surface area contributed by atoms with E-state index in [0.717, 1.165) is 15.8 Å². The number of benzene rings is 1. The molecule has 0 atom stereocenters. The zero-order valence-corrected chi connectivity index (χ0v) is 17.1. The molecule has 9 heteroatoms. The molecule has 0 radical (unpaired) electrons. The van der Waals surface area contributed by atoms with E-state index in [-0.39, 0.29) is 17.7 Å². The van der Waals surface area contributed by atoms with Gasteiger partial charge in [0, 0.05) is 29.6 Å². The van der Waals surface area contributed by atoms with Crippen molar-refractivity contribution in [2.75, 3.05) is 6.61 Å². The number of hydrogen-bond acceptors (Lipinski definition) is 4. The van der Waals surface area contributed by atoms with E-state index in [1.807, 2.05) is 36.5 Å². The van der Waals surface area contributed by atoms with Gasteiger partial charge in [-0.1, -0.05) is 18.2 Å². The average Bonchev–Trinajstić information content (AvgIpc) is 3.30. The summed E-state index contributed by atoms with van der Waals surface area (Å²) in [4.78, 5) is 24.4. The number of esters is 1. The van der Waals surface area contributed by atoms with Crippen molar-refractivity contribution in [2.24, 2.45) is 0 Å². The Labute approximate surface area is 177 Å². The third-order valence-electron chi connectivity index (χ3n) is 4.85. The van der Waals surface area contributed by atoms with Crippen molar-refractivity contribution in [2.45, 2.75) is 39.4 Å². The van der Waals surface area contributed by atoms with Crippen molar-refractivity contribution in [1.29, 1.82) is 0 Å². The minimum absolute atomic E-state index is 0.0564. The second-order valence-corrected chi connectivity index (χ2v) is 7.20. The standard InChI is InChI=1S/C22H22F3N3O3/c1-15-10-19(16(2)27(15)14-22(23,24)25)20(29)13-31-21(30)9-8-17-11-26-28(12-17)18-6-4-3-5-7-18/h3-7,10-12H,8-9,13-14H2,1-2H3. The maximum Gasteiger partial charge on any atom is 0.406 e. The molecule has 0 fully saturated rings. The summed E-state index contributed by atoms with van der Waals surface area (Å²) in [6, 6.07) is 10.9. The van der Waals surface area contributed by atoms with Gasteiger partial charge < -0.3 is 9.30 Å². The molecule has 6 nitrogen and oxygen atoms in total. The van der Waals surface area contributed by atoms with Gasteiger partial charge in [-0.05, 0) is 44.0 Å². The predicted octanol–water partition coefficient (Wildman–Crippen LogP) is 4.21. The van der Waals surface area contributed by atoms with Crippen molar-refractivity contribution < 1.29 is 27.5 Å². The fourth-order valence-electron chi connectivity index (χ4n) is 3.26. The third-order valence-corrected chi connectivity index (χ3v) is 4.85. The zero-order chi connectivity index (χ0) is 22.6. The number of rotatable bonds is 8. The highest BCUT2D eigenvalue weighted by Crippen LogP contribution is 2.23. The summed E-state index contributed by atoms with van der Waals surface area (Å²) in [5.74, 6) is -1.10. The Bertz CT molecular complexity index is 1070. The summed E-state index contributed by atoms with van der Waals surface area (Å²) in [5, 5.41) is 4.25. The summed E-state index contributed by atoms with van der Waals surface area (Å²) >= 11 is 0. The first-order chi connectivity index (χ1) is 14.6. The Morgan fingerprint density at radius 1 is 1.13 bits per heavy atom. The Hall–Kier alpha value is -3.36. The first kappa shape index (κ1) is 22.3. The molecular weight excluding hydrogens is 411 g/mol. The summed E-state index contributed by atoms with van der Waals surface area (Å²) in [7, 11) is 0. The van der Waals surface area contributed by atoms with Crippen LogP contribution in [0.3, 0.4) is 0 Å². The van der Waals surface area contributed by atoms with Crippen LogP contribution in [0, 0.1) is 13.8 Å². The summed E-state index contributed by atoms with van der Waals surface area (Å²) < 4.78 is 45.9. The molecule has 3 aromatic rings. The van der Waals surface area contributed by atoms with Crippen molar-refractivity contribution in [3.8, 4) is 5.69 Å². The van der Waals surface area contributed by atoms with Crippen LogP contribution in [0.4, 0.5) is 13.2 Å². The number of ketones is 1. The van der Waals surface area contributed by atoms with Crippen LogP contribution < -0.4 is 0 Å². The number of carbonyl (C=O) groups is 2. The first-order valence-corrected chi connectivity index (χ1v) is 9.65. The monoisotopic (exact) mass is 433 g/mol. The van der Waals surface area contributed by atoms with Crippen LogP contribution in [0.25, 0.3) is 5.69 Å². The molecule has 0 N–H and O–H groups in total. The van der Waals surface area contributed by atoms with Gasteiger partial charge in [-0.2, -0.15) is 18.3 Å². The maximum absolute atomic E-state index is 12.7. The second-order valence-electron chi connectivity index (χ2n) is 7.20. The molecular formula is C22H22F3N3O3. The van der Waals surface area contributed by atoms with E-state index in [9.17, 15) is 22.8 Å². The topological polar surface area (TPSA) is 66.1 Å². The zero-order valence-electron chi connectivity index (χ0n) is 17.1. The SMILES string of the molecule is Cc1cc(C(=O)COC(=O)CCc2cnn(-c3ccccc3)c2)c(C)n1CC(F)(F)F. The smallest absolute Gasteiger partial charge is 0.406 e. The van der Waals surface area contributed by atoms with Gasteiger partial charge in [-0.3, -0.25) is 9.59 Å². The molecule has 0 aliphatic rings. The largest absolute Gasteiger partial charge is 0.457 e. The quantitative estimate of drug-likeness (QED) is 0.394. The lowest BCUT2D eigenvalue weighted by Crippen LogP contribution is -2.20. The molecule has 0 unspecified atom stereocenters. The van der Waals surface area contributed by atoms with Crippen LogP contribution in [0.2, 0.25) is 0 Å². The van der Waals surface area contributed by atoms with E-state index < -0.39 is 31.1 Å². The van der Waals surface area contributed by atoms with Crippen LogP contribution in [0.1, 0.15) is 33.7 Å². The van der Waals surface area contributed by atoms with Gasteiger partial charge in [0.05, 0.1) is 11.9 Å². The van der Waals surface area contributed by atoms with Crippen molar-refractivity contribution in [3.63, 3.8) is 0 Å². The third kappa shape index (κ3) is 5.84. The Morgan fingerprint density at radius 3 is 2.52 bits per heavy atom.